The van der Waals surface area contributed by atoms with Gasteiger partial charge in [0.1, 0.15) is 0 Å². The predicted octanol–water partition coefficient (Wildman–Crippen LogP) is 2.89. The molecule has 0 saturated heterocycles. The normalized spacial score (nSPS) is 12.4. The molecule has 1 amide bonds. The maximum Gasteiger partial charge on any atom is 0.237 e. The molecular formula is C14H18ClN5OS. The molecule has 0 radical (unpaired) electrons. The summed E-state index contributed by atoms with van der Waals surface area (Å²) in [6.07, 6.45) is 0. The van der Waals surface area contributed by atoms with Crippen molar-refractivity contribution in [2.75, 3.05) is 11.2 Å². The summed E-state index contributed by atoms with van der Waals surface area (Å²) in [4.78, 5) is 12.2. The molecule has 0 saturated carbocycles. The van der Waals surface area contributed by atoms with Crippen molar-refractivity contribution in [3.63, 3.8) is 0 Å². The van der Waals surface area contributed by atoms with Gasteiger partial charge < -0.3 is 11.2 Å². The van der Waals surface area contributed by atoms with Gasteiger partial charge in [-0.25, -0.2) is 4.68 Å². The highest BCUT2D eigenvalue weighted by Gasteiger charge is 2.20. The number of nitrogens with one attached hydrogen (secondary N) is 1. The van der Waals surface area contributed by atoms with Crippen LogP contribution in [0.5, 0.6) is 0 Å². The number of benzene rings is 1. The van der Waals surface area contributed by atoms with Crippen LogP contribution in [0.25, 0.3) is 0 Å². The van der Waals surface area contributed by atoms with Crippen molar-refractivity contribution in [1.29, 1.82) is 0 Å². The Labute approximate surface area is 138 Å². The Hall–Kier alpha value is -1.73. The number of nitrogen functional groups attached to an aromatic ring is 1. The van der Waals surface area contributed by atoms with Crippen molar-refractivity contribution < 1.29 is 4.79 Å². The van der Waals surface area contributed by atoms with Gasteiger partial charge in [-0.2, -0.15) is 0 Å². The Morgan fingerprint density at radius 3 is 2.59 bits per heavy atom. The third-order valence-electron chi connectivity index (χ3n) is 2.99. The van der Waals surface area contributed by atoms with Gasteiger partial charge in [-0.05, 0) is 19.1 Å². The van der Waals surface area contributed by atoms with Gasteiger partial charge in [0.2, 0.25) is 11.1 Å². The lowest BCUT2D eigenvalue weighted by atomic mass is 10.2. The average molecular weight is 340 g/mol. The summed E-state index contributed by atoms with van der Waals surface area (Å²) in [5.74, 6) is 6.62. The number of hydrogen-bond donors (Lipinski definition) is 2. The van der Waals surface area contributed by atoms with E-state index in [1.54, 1.807) is 25.1 Å². The first-order valence-electron chi connectivity index (χ1n) is 6.82. The number of carbonyl (C=O) groups excluding carboxylic acids is 1. The van der Waals surface area contributed by atoms with E-state index in [0.29, 0.717) is 21.7 Å². The molecule has 3 N–H and O–H groups in total. The molecule has 1 atom stereocenters. The van der Waals surface area contributed by atoms with E-state index in [1.807, 2.05) is 19.9 Å². The van der Waals surface area contributed by atoms with Crippen LogP contribution in [-0.4, -0.2) is 26.0 Å². The van der Waals surface area contributed by atoms with E-state index in [4.69, 9.17) is 17.4 Å². The highest BCUT2D eigenvalue weighted by molar-refractivity contribution is 8.00. The Morgan fingerprint density at radius 2 is 2.00 bits per heavy atom. The van der Waals surface area contributed by atoms with E-state index >= 15 is 0 Å². The number of carbonyl (C=O) groups is 1. The molecule has 0 unspecified atom stereocenters. The minimum absolute atomic E-state index is 0.166. The second-order valence-corrected chi connectivity index (χ2v) is 6.81. The van der Waals surface area contributed by atoms with E-state index in [9.17, 15) is 4.79 Å². The molecule has 0 aliphatic rings. The van der Waals surface area contributed by atoms with E-state index in [-0.39, 0.29) is 17.1 Å². The molecule has 1 aromatic carbocycles. The van der Waals surface area contributed by atoms with E-state index in [2.05, 4.69) is 15.5 Å². The molecule has 22 heavy (non-hydrogen) atoms. The highest BCUT2D eigenvalue weighted by Crippen LogP contribution is 2.25. The van der Waals surface area contributed by atoms with Gasteiger partial charge in [0.05, 0.1) is 16.0 Å². The van der Waals surface area contributed by atoms with Crippen molar-refractivity contribution in [1.82, 2.24) is 14.9 Å². The molecule has 6 nitrogen and oxygen atoms in total. The molecular weight excluding hydrogens is 322 g/mol. The zero-order chi connectivity index (χ0) is 16.3. The number of hydrogen-bond acceptors (Lipinski definition) is 5. The minimum atomic E-state index is -0.386. The maximum atomic E-state index is 12.2. The molecule has 1 heterocycles. The smallest absolute Gasteiger partial charge is 0.237 e. The fourth-order valence-electron chi connectivity index (χ4n) is 1.77. The number of aromatic nitrogens is 3. The number of amides is 1. The number of anilines is 1. The molecule has 8 heteroatoms. The van der Waals surface area contributed by atoms with Crippen LogP contribution in [0.15, 0.2) is 29.4 Å². The summed E-state index contributed by atoms with van der Waals surface area (Å²) >= 11 is 7.28. The second kappa shape index (κ2) is 7.02. The van der Waals surface area contributed by atoms with Gasteiger partial charge in [-0.15, -0.1) is 10.2 Å². The van der Waals surface area contributed by atoms with E-state index in [1.165, 1.54) is 16.4 Å². The van der Waals surface area contributed by atoms with Crippen molar-refractivity contribution >= 4 is 35.0 Å². The first kappa shape index (κ1) is 16.6. The standard InChI is InChI=1S/C14H18ClN5OS/c1-8(2)12-18-19-14(20(12)16)22-9(3)13(21)17-11-7-5-4-6-10(11)15/h4-9H,16H2,1-3H3,(H,17,21)/t9-/m0/s1. The summed E-state index contributed by atoms with van der Waals surface area (Å²) in [5, 5.41) is 11.5. The Bertz CT molecular complexity index is 673. The summed E-state index contributed by atoms with van der Waals surface area (Å²) in [5.41, 5.74) is 0.582. The van der Waals surface area contributed by atoms with Gasteiger partial charge in [0, 0.05) is 5.92 Å². The Kier molecular flexibility index (Phi) is 5.31. The largest absolute Gasteiger partial charge is 0.336 e. The Balaban J connectivity index is 2.04. The highest BCUT2D eigenvalue weighted by atomic mass is 35.5. The van der Waals surface area contributed by atoms with Crippen LogP contribution in [0.3, 0.4) is 0 Å². The molecule has 2 rings (SSSR count). The molecule has 0 bridgehead atoms. The number of halogens is 1. The van der Waals surface area contributed by atoms with Crippen LogP contribution in [0.1, 0.15) is 32.5 Å². The SMILES string of the molecule is CC(C)c1nnc(S[C@@H](C)C(=O)Nc2ccccc2Cl)n1N. The van der Waals surface area contributed by atoms with Gasteiger partial charge >= 0.3 is 0 Å². The molecule has 0 aliphatic heterocycles. The third kappa shape index (κ3) is 3.72. The minimum Gasteiger partial charge on any atom is -0.336 e. The lowest BCUT2D eigenvalue weighted by Crippen LogP contribution is -2.24. The quantitative estimate of drug-likeness (QED) is 0.646. The van der Waals surface area contributed by atoms with Crippen LogP contribution in [0.4, 0.5) is 5.69 Å². The van der Waals surface area contributed by atoms with E-state index in [0.717, 1.165) is 0 Å². The molecule has 1 aromatic heterocycles. The monoisotopic (exact) mass is 339 g/mol. The molecule has 0 fully saturated rings. The molecule has 0 spiro atoms. The van der Waals surface area contributed by atoms with Crippen LogP contribution in [0, 0.1) is 0 Å². The average Bonchev–Trinajstić information content (AvgIpc) is 2.82. The van der Waals surface area contributed by atoms with Crippen molar-refractivity contribution in [2.24, 2.45) is 0 Å². The second-order valence-electron chi connectivity index (χ2n) is 5.09. The van der Waals surface area contributed by atoms with E-state index < -0.39 is 0 Å². The van der Waals surface area contributed by atoms with Gasteiger partial charge in [0.25, 0.3) is 0 Å². The van der Waals surface area contributed by atoms with Gasteiger partial charge in [-0.3, -0.25) is 4.79 Å². The molecule has 118 valence electrons. The summed E-state index contributed by atoms with van der Waals surface area (Å²) in [6, 6.07) is 7.09. The first-order valence-corrected chi connectivity index (χ1v) is 8.08. The zero-order valence-electron chi connectivity index (χ0n) is 12.6. The van der Waals surface area contributed by atoms with Crippen LogP contribution in [-0.2, 0) is 4.79 Å². The van der Waals surface area contributed by atoms with Gasteiger partial charge in [0.15, 0.2) is 5.82 Å². The van der Waals surface area contributed by atoms with Crippen molar-refractivity contribution in [3.05, 3.63) is 35.1 Å². The third-order valence-corrected chi connectivity index (χ3v) is 4.38. The van der Waals surface area contributed by atoms with Crippen LogP contribution >= 0.6 is 23.4 Å². The Morgan fingerprint density at radius 1 is 1.32 bits per heavy atom. The maximum absolute atomic E-state index is 12.2. The molecule has 0 aliphatic carbocycles. The van der Waals surface area contributed by atoms with Gasteiger partial charge in [-0.1, -0.05) is 49.3 Å². The van der Waals surface area contributed by atoms with Crippen molar-refractivity contribution in [3.8, 4) is 0 Å². The first-order chi connectivity index (χ1) is 10.4. The fourth-order valence-corrected chi connectivity index (χ4v) is 2.73. The number of nitrogens with zero attached hydrogens (tertiary/aromatic N) is 3. The summed E-state index contributed by atoms with van der Waals surface area (Å²) in [7, 11) is 0. The number of thioether (sulfide) groups is 1. The zero-order valence-corrected chi connectivity index (χ0v) is 14.1. The fraction of sp³-hybridized carbons (Fsp3) is 0.357. The lowest BCUT2D eigenvalue weighted by molar-refractivity contribution is -0.115. The lowest BCUT2D eigenvalue weighted by Gasteiger charge is -2.12. The number of nitrogens with two attached hydrogens (primary N) is 1. The number of rotatable bonds is 5. The molecule has 2 aromatic rings. The van der Waals surface area contributed by atoms with Crippen LogP contribution in [0.2, 0.25) is 5.02 Å². The summed E-state index contributed by atoms with van der Waals surface area (Å²) < 4.78 is 1.43. The summed E-state index contributed by atoms with van der Waals surface area (Å²) in [6.45, 7) is 5.74. The van der Waals surface area contributed by atoms with Crippen molar-refractivity contribution in [2.45, 2.75) is 37.1 Å². The predicted molar refractivity (Wildman–Crippen MR) is 89.7 cm³/mol. The van der Waals surface area contributed by atoms with Crippen LogP contribution < -0.4 is 11.2 Å². The topological polar surface area (TPSA) is 85.8 Å². The number of para-hydroxylation sites is 1.